The van der Waals surface area contributed by atoms with Gasteiger partial charge in [0, 0.05) is 24.2 Å². The van der Waals surface area contributed by atoms with Gasteiger partial charge in [0.1, 0.15) is 17.6 Å². The lowest BCUT2D eigenvalue weighted by atomic mass is 10.1. The molecule has 4 rings (SSSR count). The Kier molecular flexibility index (Phi) is 5.22. The Morgan fingerprint density at radius 2 is 2.03 bits per heavy atom. The number of hydrogen-bond donors (Lipinski definition) is 0. The first-order chi connectivity index (χ1) is 14.1. The molecule has 0 spiro atoms. The van der Waals surface area contributed by atoms with E-state index in [2.05, 4.69) is 15.0 Å². The Morgan fingerprint density at radius 3 is 2.83 bits per heavy atom. The molecule has 0 saturated carbocycles. The third-order valence-corrected chi connectivity index (χ3v) is 4.68. The molecule has 1 saturated heterocycles. The Labute approximate surface area is 166 Å². The maximum absolute atomic E-state index is 13.6. The second-order valence-corrected chi connectivity index (χ2v) is 6.49. The molecule has 1 amide bonds. The van der Waals surface area contributed by atoms with E-state index in [0.717, 1.165) is 10.8 Å². The number of amides is 1. The molecule has 1 atom stereocenters. The van der Waals surface area contributed by atoms with Gasteiger partial charge in [-0.1, -0.05) is 0 Å². The minimum Gasteiger partial charge on any atom is -0.481 e. The third-order valence-electron chi connectivity index (χ3n) is 4.68. The molecule has 29 heavy (non-hydrogen) atoms. The van der Waals surface area contributed by atoms with Crippen LogP contribution in [0.15, 0.2) is 36.5 Å². The molecule has 1 aromatic carbocycles. The van der Waals surface area contributed by atoms with Gasteiger partial charge < -0.3 is 19.1 Å². The number of ether oxygens (including phenoxy) is 3. The summed E-state index contributed by atoms with van der Waals surface area (Å²) in [6, 6.07) is 7.82. The van der Waals surface area contributed by atoms with Gasteiger partial charge in [0.25, 0.3) is 5.91 Å². The molecule has 0 unspecified atom stereocenters. The fraction of sp³-hybridized carbons (Fsp3) is 0.300. The molecule has 1 aliphatic heterocycles. The van der Waals surface area contributed by atoms with Crippen LogP contribution in [0.5, 0.6) is 11.9 Å². The number of hydrogen-bond acceptors (Lipinski definition) is 7. The van der Waals surface area contributed by atoms with Crippen molar-refractivity contribution >= 4 is 16.7 Å². The van der Waals surface area contributed by atoms with Gasteiger partial charge >= 0.3 is 6.01 Å². The molecule has 150 valence electrons. The first-order valence-corrected chi connectivity index (χ1v) is 9.00. The summed E-state index contributed by atoms with van der Waals surface area (Å²) in [7, 11) is 2.87. The number of nitrogens with zero attached hydrogens (tertiary/aromatic N) is 4. The number of morpholine rings is 1. The molecule has 0 bridgehead atoms. The van der Waals surface area contributed by atoms with Gasteiger partial charge in [0.2, 0.25) is 5.88 Å². The van der Waals surface area contributed by atoms with Crippen LogP contribution in [0, 0.1) is 5.82 Å². The summed E-state index contributed by atoms with van der Waals surface area (Å²) in [4.78, 5) is 27.2. The highest BCUT2D eigenvalue weighted by molar-refractivity contribution is 5.92. The van der Waals surface area contributed by atoms with Gasteiger partial charge in [-0.15, -0.1) is 0 Å². The number of aromatic nitrogens is 3. The second-order valence-electron chi connectivity index (χ2n) is 6.49. The van der Waals surface area contributed by atoms with E-state index in [0.29, 0.717) is 25.4 Å². The summed E-state index contributed by atoms with van der Waals surface area (Å²) in [5.74, 6) is -0.366. The van der Waals surface area contributed by atoms with Crippen LogP contribution in [-0.2, 0) is 4.74 Å². The molecule has 8 nitrogen and oxygen atoms in total. The largest absolute Gasteiger partial charge is 0.481 e. The predicted molar refractivity (Wildman–Crippen MR) is 101 cm³/mol. The Balaban J connectivity index is 1.57. The van der Waals surface area contributed by atoms with E-state index in [4.69, 9.17) is 14.2 Å². The molecule has 0 radical (unpaired) electrons. The third kappa shape index (κ3) is 3.95. The van der Waals surface area contributed by atoms with Crippen LogP contribution in [-0.4, -0.2) is 59.7 Å². The molecule has 3 aromatic rings. The van der Waals surface area contributed by atoms with Crippen molar-refractivity contribution < 1.29 is 23.4 Å². The molecule has 1 fully saturated rings. The maximum Gasteiger partial charge on any atom is 0.320 e. The molecular weight excluding hydrogens is 379 g/mol. The van der Waals surface area contributed by atoms with Crippen molar-refractivity contribution in [1.82, 2.24) is 19.9 Å². The molecular formula is C20H19FN4O4. The number of benzene rings is 1. The summed E-state index contributed by atoms with van der Waals surface area (Å²) in [6.07, 6.45) is 1.25. The number of fused-ring (bicyclic) bond motifs is 1. The monoisotopic (exact) mass is 398 g/mol. The number of carbonyl (C=O) groups is 1. The minimum absolute atomic E-state index is 0.0516. The lowest BCUT2D eigenvalue weighted by molar-refractivity contribution is -0.0248. The summed E-state index contributed by atoms with van der Waals surface area (Å²) < 4.78 is 29.5. The first kappa shape index (κ1) is 19.0. The van der Waals surface area contributed by atoms with Crippen LogP contribution in [0.25, 0.3) is 10.8 Å². The van der Waals surface area contributed by atoms with Crippen LogP contribution in [0.4, 0.5) is 4.39 Å². The van der Waals surface area contributed by atoms with Gasteiger partial charge in [0.15, 0.2) is 0 Å². The Hall–Kier alpha value is -3.33. The highest BCUT2D eigenvalue weighted by Crippen LogP contribution is 2.25. The average Bonchev–Trinajstić information content (AvgIpc) is 2.77. The van der Waals surface area contributed by atoms with E-state index in [1.807, 2.05) is 0 Å². The van der Waals surface area contributed by atoms with Gasteiger partial charge in [-0.25, -0.2) is 4.39 Å². The normalized spacial score (nSPS) is 16.7. The van der Waals surface area contributed by atoms with Gasteiger partial charge in [0.05, 0.1) is 33.1 Å². The van der Waals surface area contributed by atoms with Crippen molar-refractivity contribution in [2.24, 2.45) is 0 Å². The number of carbonyl (C=O) groups excluding carboxylic acids is 1. The number of methoxy groups -OCH3 is 2. The van der Waals surface area contributed by atoms with Gasteiger partial charge in [-0.05, 0) is 29.7 Å². The SMILES string of the molecule is COc1cc(C(=O)N2CCO[C@H](c3cc4cc(F)ccc4cn3)C2)nc(OC)n1. The van der Waals surface area contributed by atoms with Crippen LogP contribution in [0.2, 0.25) is 0 Å². The summed E-state index contributed by atoms with van der Waals surface area (Å²) in [5.41, 5.74) is 0.807. The van der Waals surface area contributed by atoms with Gasteiger partial charge in [-0.3, -0.25) is 9.78 Å². The average molecular weight is 398 g/mol. The topological polar surface area (TPSA) is 86.7 Å². The van der Waals surface area contributed by atoms with Crippen LogP contribution < -0.4 is 9.47 Å². The Bertz CT molecular complexity index is 1040. The fourth-order valence-electron chi connectivity index (χ4n) is 3.19. The Morgan fingerprint density at radius 1 is 1.17 bits per heavy atom. The highest BCUT2D eigenvalue weighted by Gasteiger charge is 2.28. The lowest BCUT2D eigenvalue weighted by Crippen LogP contribution is -2.42. The highest BCUT2D eigenvalue weighted by atomic mass is 19.1. The van der Waals surface area contributed by atoms with E-state index in [9.17, 15) is 9.18 Å². The van der Waals surface area contributed by atoms with Crippen LogP contribution >= 0.6 is 0 Å². The quantitative estimate of drug-likeness (QED) is 0.667. The summed E-state index contributed by atoms with van der Waals surface area (Å²) in [5, 5.41) is 1.56. The summed E-state index contributed by atoms with van der Waals surface area (Å²) in [6.45, 7) is 1.05. The lowest BCUT2D eigenvalue weighted by Gasteiger charge is -2.32. The second kappa shape index (κ2) is 7.96. The zero-order valence-corrected chi connectivity index (χ0v) is 16.0. The number of pyridine rings is 1. The van der Waals surface area contributed by atoms with Crippen molar-refractivity contribution in [3.05, 3.63) is 53.7 Å². The molecule has 0 aliphatic carbocycles. The predicted octanol–water partition coefficient (Wildman–Crippen LogP) is 2.39. The van der Waals surface area contributed by atoms with E-state index >= 15 is 0 Å². The van der Waals surface area contributed by atoms with E-state index < -0.39 is 6.10 Å². The van der Waals surface area contributed by atoms with E-state index in [-0.39, 0.29) is 29.3 Å². The molecule has 9 heteroatoms. The van der Waals surface area contributed by atoms with Crippen LogP contribution in [0.3, 0.4) is 0 Å². The smallest absolute Gasteiger partial charge is 0.320 e. The summed E-state index contributed by atoms with van der Waals surface area (Å²) >= 11 is 0. The van der Waals surface area contributed by atoms with Crippen molar-refractivity contribution in [2.75, 3.05) is 33.9 Å². The minimum atomic E-state index is -0.425. The zero-order chi connectivity index (χ0) is 20.4. The number of rotatable bonds is 4. The van der Waals surface area contributed by atoms with Crippen molar-refractivity contribution in [3.63, 3.8) is 0 Å². The van der Waals surface area contributed by atoms with Crippen molar-refractivity contribution in [1.29, 1.82) is 0 Å². The fourth-order valence-corrected chi connectivity index (χ4v) is 3.19. The van der Waals surface area contributed by atoms with Crippen molar-refractivity contribution in [2.45, 2.75) is 6.10 Å². The van der Waals surface area contributed by atoms with Crippen LogP contribution in [0.1, 0.15) is 22.3 Å². The first-order valence-electron chi connectivity index (χ1n) is 9.00. The zero-order valence-electron chi connectivity index (χ0n) is 16.0. The van der Waals surface area contributed by atoms with E-state index in [1.165, 1.54) is 32.4 Å². The number of halogens is 1. The molecule has 2 aromatic heterocycles. The molecule has 3 heterocycles. The van der Waals surface area contributed by atoms with Crippen molar-refractivity contribution in [3.8, 4) is 11.9 Å². The van der Waals surface area contributed by atoms with Gasteiger partial charge in [-0.2, -0.15) is 9.97 Å². The maximum atomic E-state index is 13.6. The molecule has 0 N–H and O–H groups in total. The van der Waals surface area contributed by atoms with E-state index in [1.54, 1.807) is 23.2 Å². The molecule has 1 aliphatic rings. The standard InChI is InChI=1S/C20H19FN4O4/c1-27-18-9-16(23-20(24-18)28-2)19(26)25-5-6-29-17(11-25)15-8-13-7-14(21)4-3-12(13)10-22-15/h3-4,7-10,17H,5-6,11H2,1-2H3/t17-/m0/s1.